The van der Waals surface area contributed by atoms with E-state index in [1.165, 1.54) is 43.1 Å². The van der Waals surface area contributed by atoms with E-state index in [4.69, 9.17) is 0 Å². The van der Waals surface area contributed by atoms with E-state index in [1.807, 2.05) is 0 Å². The van der Waals surface area contributed by atoms with Gasteiger partial charge in [0.05, 0.1) is 0 Å². The molecule has 0 saturated carbocycles. The number of allylic oxidation sites excluding steroid dienone is 4. The fraction of sp³-hybridized carbons (Fsp3) is 0.0333. The number of benzene rings is 4. The predicted molar refractivity (Wildman–Crippen MR) is 136 cm³/mol. The summed E-state index contributed by atoms with van der Waals surface area (Å²) in [4.78, 5) is 0. The zero-order chi connectivity index (χ0) is 20.4. The first kappa shape index (κ1) is 25.0. The van der Waals surface area contributed by atoms with E-state index in [9.17, 15) is 0 Å². The molecule has 0 fully saturated rings. The topological polar surface area (TPSA) is 0 Å². The first-order valence-corrected chi connectivity index (χ1v) is 13.0. The van der Waals surface area contributed by atoms with Gasteiger partial charge in [0, 0.05) is 0 Å². The average molecular weight is 572 g/mol. The summed E-state index contributed by atoms with van der Waals surface area (Å²) in [7, 11) is -2.11. The molecule has 1 heterocycles. The molecule has 163 valence electrons. The van der Waals surface area contributed by atoms with Crippen LogP contribution in [0.5, 0.6) is 0 Å². The normalized spacial score (nSPS) is 14.5. The van der Waals surface area contributed by atoms with Crippen LogP contribution in [0.25, 0.3) is 27.1 Å². The van der Waals surface area contributed by atoms with Gasteiger partial charge in [0.2, 0.25) is 0 Å². The van der Waals surface area contributed by atoms with Crippen LogP contribution in [0.15, 0.2) is 115 Å². The molecule has 0 amide bonds. The SMILES string of the molecule is C1=CCC(c2c3c(cc4c2[cH-]c2ccccc24)[Si]3(c2ccccc2)c2ccccc2)=C1.[Cl-].[Cl-].[Zr+3]. The molecule has 0 nitrogen and oxygen atoms in total. The van der Waals surface area contributed by atoms with Gasteiger partial charge in [-0.2, -0.15) is 0 Å². The summed E-state index contributed by atoms with van der Waals surface area (Å²) >= 11 is 0. The second kappa shape index (κ2) is 9.51. The minimum atomic E-state index is -2.11. The predicted octanol–water partition coefficient (Wildman–Crippen LogP) is -1.25. The first-order valence-electron chi connectivity index (χ1n) is 11.0. The van der Waals surface area contributed by atoms with Crippen LogP contribution >= 0.6 is 0 Å². The minimum absolute atomic E-state index is 0. The molecular weight excluding hydrogens is 551 g/mol. The van der Waals surface area contributed by atoms with E-state index in [0.717, 1.165) is 6.42 Å². The maximum absolute atomic E-state index is 2.53. The third-order valence-electron chi connectivity index (χ3n) is 7.14. The summed E-state index contributed by atoms with van der Waals surface area (Å²) in [5.74, 6) is 0. The van der Waals surface area contributed by atoms with E-state index < -0.39 is 8.07 Å². The van der Waals surface area contributed by atoms with Crippen molar-refractivity contribution in [2.75, 3.05) is 0 Å². The van der Waals surface area contributed by atoms with Crippen molar-refractivity contribution >= 4 is 55.9 Å². The monoisotopic (exact) mass is 569 g/mol. The van der Waals surface area contributed by atoms with Gasteiger partial charge in [0.25, 0.3) is 0 Å². The quantitative estimate of drug-likeness (QED) is 0.184. The van der Waals surface area contributed by atoms with Gasteiger partial charge in [-0.25, -0.2) is 0 Å². The second-order valence-corrected chi connectivity index (χ2v) is 12.4. The van der Waals surface area contributed by atoms with Crippen molar-refractivity contribution < 1.29 is 51.0 Å². The van der Waals surface area contributed by atoms with Crippen molar-refractivity contribution in [1.29, 1.82) is 0 Å². The molecule has 1 aliphatic heterocycles. The molecule has 34 heavy (non-hydrogen) atoms. The summed E-state index contributed by atoms with van der Waals surface area (Å²) in [5.41, 5.74) is 2.98. The van der Waals surface area contributed by atoms with E-state index in [-0.39, 0.29) is 51.0 Å². The van der Waals surface area contributed by atoms with Gasteiger partial charge >= 0.3 is 26.2 Å². The van der Waals surface area contributed by atoms with E-state index in [2.05, 4.69) is 115 Å². The Morgan fingerprint density at radius 2 is 1.32 bits per heavy atom. The molecule has 7 rings (SSSR count). The van der Waals surface area contributed by atoms with Crippen molar-refractivity contribution in [1.82, 2.24) is 0 Å². The minimum Gasteiger partial charge on any atom is -1.00 e. The molecular formula is C30H21Cl2SiZr. The van der Waals surface area contributed by atoms with Gasteiger partial charge in [0.1, 0.15) is 0 Å². The molecule has 0 aromatic heterocycles. The standard InChI is InChI=1S/C30H21Si.2ClH.Zr/c1-3-14-23(15-4-1)31(24-16-5-2-6-17-24)28-20-26-25-18-10-9-13-22(25)19-27(26)29(30(28)31)21-11-7-8-12-21;;;/h1-11,13-20H,12H2;2*1H;/q-1;;;+3/p-2. The fourth-order valence-corrected chi connectivity index (χ4v) is 10.9. The van der Waals surface area contributed by atoms with Crippen LogP contribution in [0.2, 0.25) is 0 Å². The van der Waals surface area contributed by atoms with Crippen molar-refractivity contribution in [2.45, 2.75) is 6.42 Å². The molecule has 1 radical (unpaired) electrons. The van der Waals surface area contributed by atoms with E-state index >= 15 is 0 Å². The van der Waals surface area contributed by atoms with Gasteiger partial charge < -0.3 is 24.8 Å². The first-order chi connectivity index (χ1) is 15.4. The Balaban J connectivity index is 0.000000913. The van der Waals surface area contributed by atoms with Gasteiger partial charge in [-0.05, 0) is 16.8 Å². The molecule has 5 aromatic carbocycles. The molecule has 0 bridgehead atoms. The Morgan fingerprint density at radius 3 is 1.94 bits per heavy atom. The molecule has 4 heteroatoms. The zero-order valence-corrected chi connectivity index (χ0v) is 23.4. The number of fused-ring (bicyclic) bond motifs is 4. The zero-order valence-electron chi connectivity index (χ0n) is 18.4. The van der Waals surface area contributed by atoms with Crippen LogP contribution in [0, 0.1) is 0 Å². The second-order valence-electron chi connectivity index (χ2n) is 8.67. The summed E-state index contributed by atoms with van der Waals surface area (Å²) in [6.45, 7) is 0. The molecule has 0 N–H and O–H groups in total. The maximum atomic E-state index is 2.53. The summed E-state index contributed by atoms with van der Waals surface area (Å²) in [5, 5.41) is 11.8. The van der Waals surface area contributed by atoms with E-state index in [1.54, 1.807) is 10.4 Å². The molecule has 5 aromatic rings. The van der Waals surface area contributed by atoms with Crippen molar-refractivity contribution in [3.05, 3.63) is 121 Å². The average Bonchev–Trinajstić information content (AvgIpc) is 3.13. The Kier molecular flexibility index (Phi) is 7.00. The van der Waals surface area contributed by atoms with Crippen molar-refractivity contribution in [3.63, 3.8) is 0 Å². The van der Waals surface area contributed by atoms with Gasteiger partial charge in [0.15, 0.2) is 8.07 Å². The van der Waals surface area contributed by atoms with Crippen molar-refractivity contribution in [2.24, 2.45) is 0 Å². The number of rotatable bonds is 3. The third kappa shape index (κ3) is 3.39. The van der Waals surface area contributed by atoms with Gasteiger partial charge in [-0.1, -0.05) is 125 Å². The number of hydrogen-bond donors (Lipinski definition) is 0. The molecule has 0 spiro atoms. The largest absolute Gasteiger partial charge is 3.00 e. The van der Waals surface area contributed by atoms with Gasteiger partial charge in [-0.3, -0.25) is 0 Å². The summed E-state index contributed by atoms with van der Waals surface area (Å²) in [6.07, 6.45) is 7.88. The third-order valence-corrected chi connectivity index (χ3v) is 11.8. The number of halogens is 2. The number of hydrogen-bond acceptors (Lipinski definition) is 0. The maximum Gasteiger partial charge on any atom is 3.00 e. The Morgan fingerprint density at radius 1 is 0.706 bits per heavy atom. The molecule has 1 aliphatic carbocycles. The Labute approximate surface area is 232 Å². The van der Waals surface area contributed by atoms with Crippen LogP contribution < -0.4 is 45.6 Å². The van der Waals surface area contributed by atoms with Crippen molar-refractivity contribution in [3.8, 4) is 0 Å². The van der Waals surface area contributed by atoms with Crippen LogP contribution in [-0.2, 0) is 26.2 Å². The van der Waals surface area contributed by atoms with Crippen LogP contribution in [0.1, 0.15) is 12.0 Å². The van der Waals surface area contributed by atoms with Crippen LogP contribution in [0.3, 0.4) is 0 Å². The molecule has 0 atom stereocenters. The summed E-state index contributed by atoms with van der Waals surface area (Å²) in [6, 6.07) is 36.3. The molecule has 0 saturated heterocycles. The fourth-order valence-electron chi connectivity index (χ4n) is 5.80. The van der Waals surface area contributed by atoms with E-state index in [0.29, 0.717) is 0 Å². The van der Waals surface area contributed by atoms with Gasteiger partial charge in [-0.15, -0.1) is 33.7 Å². The smallest absolute Gasteiger partial charge is 1.00 e. The molecule has 0 unspecified atom stereocenters. The summed E-state index contributed by atoms with van der Waals surface area (Å²) < 4.78 is 0. The Bertz CT molecular complexity index is 1510. The van der Waals surface area contributed by atoms with Crippen LogP contribution in [-0.4, -0.2) is 8.07 Å². The van der Waals surface area contributed by atoms with Crippen LogP contribution in [0.4, 0.5) is 0 Å². The molecule has 2 aliphatic rings. The Hall–Kier alpha value is -2.09.